The third-order valence-corrected chi connectivity index (χ3v) is 3.70. The molecule has 1 N–H and O–H groups in total. The summed E-state index contributed by atoms with van der Waals surface area (Å²) in [6.45, 7) is 0. The van der Waals surface area contributed by atoms with Gasteiger partial charge in [0.05, 0.1) is 11.9 Å². The highest BCUT2D eigenvalue weighted by Gasteiger charge is 2.24. The van der Waals surface area contributed by atoms with Crippen LogP contribution in [0.4, 0.5) is 5.69 Å². The maximum atomic E-state index is 12.3. The lowest BCUT2D eigenvalue weighted by molar-refractivity contribution is 0.101. The monoisotopic (exact) mass is 283 g/mol. The molecule has 7 heteroatoms. The number of hydrogen-bond acceptors (Lipinski definition) is 5. The first-order valence-electron chi connectivity index (χ1n) is 6.89. The zero-order valence-electron chi connectivity index (χ0n) is 11.2. The fraction of sp³-hybridized carbons (Fsp3) is 0.286. The van der Waals surface area contributed by atoms with Crippen molar-refractivity contribution in [3.63, 3.8) is 0 Å². The number of fused-ring (bicyclic) bond motifs is 2. The predicted octanol–water partition coefficient (Wildman–Crippen LogP) is 1.85. The van der Waals surface area contributed by atoms with E-state index in [4.69, 9.17) is 4.52 Å². The highest BCUT2D eigenvalue weighted by atomic mass is 16.5. The number of anilines is 1. The SMILES string of the molecule is O=C(Nc1ccc2ncnn2c1)c1noc2c1CCCC2. The minimum Gasteiger partial charge on any atom is -0.360 e. The molecule has 0 radical (unpaired) electrons. The molecule has 1 amide bonds. The molecule has 3 aromatic heterocycles. The average Bonchev–Trinajstić information content (AvgIpc) is 3.13. The van der Waals surface area contributed by atoms with E-state index in [1.54, 1.807) is 22.8 Å². The molecular weight excluding hydrogens is 270 g/mol. The minimum atomic E-state index is -0.249. The van der Waals surface area contributed by atoms with Gasteiger partial charge in [0.2, 0.25) is 0 Å². The molecule has 21 heavy (non-hydrogen) atoms. The first-order chi connectivity index (χ1) is 10.3. The molecule has 3 aromatic rings. The van der Waals surface area contributed by atoms with Gasteiger partial charge in [0, 0.05) is 12.0 Å². The van der Waals surface area contributed by atoms with Crippen molar-refractivity contribution in [2.75, 3.05) is 5.32 Å². The Labute approximate surface area is 120 Å². The highest BCUT2D eigenvalue weighted by molar-refractivity contribution is 6.03. The summed E-state index contributed by atoms with van der Waals surface area (Å²) in [5.74, 6) is 0.597. The van der Waals surface area contributed by atoms with Crippen LogP contribution < -0.4 is 5.32 Å². The topological polar surface area (TPSA) is 85.3 Å². The Morgan fingerprint density at radius 1 is 1.29 bits per heavy atom. The molecule has 0 aliphatic heterocycles. The molecule has 4 rings (SSSR count). The van der Waals surface area contributed by atoms with Crippen molar-refractivity contribution in [3.8, 4) is 0 Å². The summed E-state index contributed by atoms with van der Waals surface area (Å²) in [6, 6.07) is 3.58. The van der Waals surface area contributed by atoms with Crippen molar-refractivity contribution in [1.29, 1.82) is 0 Å². The first kappa shape index (κ1) is 12.1. The zero-order valence-corrected chi connectivity index (χ0v) is 11.2. The van der Waals surface area contributed by atoms with Gasteiger partial charge < -0.3 is 9.84 Å². The molecule has 0 saturated heterocycles. The highest BCUT2D eigenvalue weighted by Crippen LogP contribution is 2.24. The average molecular weight is 283 g/mol. The van der Waals surface area contributed by atoms with Crippen molar-refractivity contribution < 1.29 is 9.32 Å². The van der Waals surface area contributed by atoms with E-state index in [9.17, 15) is 4.79 Å². The van der Waals surface area contributed by atoms with Gasteiger partial charge >= 0.3 is 0 Å². The van der Waals surface area contributed by atoms with E-state index >= 15 is 0 Å². The molecule has 0 fully saturated rings. The molecule has 0 bridgehead atoms. The number of aryl methyl sites for hydroxylation is 1. The van der Waals surface area contributed by atoms with Gasteiger partial charge in [-0.1, -0.05) is 5.16 Å². The molecule has 0 aromatic carbocycles. The lowest BCUT2D eigenvalue weighted by Gasteiger charge is -2.09. The van der Waals surface area contributed by atoms with Crippen molar-refractivity contribution in [3.05, 3.63) is 41.7 Å². The lowest BCUT2D eigenvalue weighted by Crippen LogP contribution is -2.16. The maximum absolute atomic E-state index is 12.3. The van der Waals surface area contributed by atoms with Crippen LogP contribution in [0.5, 0.6) is 0 Å². The number of nitrogens with zero attached hydrogens (tertiary/aromatic N) is 4. The third-order valence-electron chi connectivity index (χ3n) is 3.70. The fourth-order valence-electron chi connectivity index (χ4n) is 2.64. The number of amides is 1. The van der Waals surface area contributed by atoms with Crippen molar-refractivity contribution in [2.24, 2.45) is 0 Å². The first-order valence-corrected chi connectivity index (χ1v) is 6.89. The summed E-state index contributed by atoms with van der Waals surface area (Å²) in [5.41, 5.74) is 2.71. The molecule has 0 spiro atoms. The molecule has 3 heterocycles. The van der Waals surface area contributed by atoms with Gasteiger partial charge in [-0.05, 0) is 31.4 Å². The smallest absolute Gasteiger partial charge is 0.278 e. The normalized spacial score (nSPS) is 14.1. The van der Waals surface area contributed by atoms with E-state index in [-0.39, 0.29) is 5.91 Å². The van der Waals surface area contributed by atoms with Crippen LogP contribution in [0.25, 0.3) is 5.65 Å². The van der Waals surface area contributed by atoms with Crippen LogP contribution in [0.1, 0.15) is 34.7 Å². The maximum Gasteiger partial charge on any atom is 0.278 e. The Hall–Kier alpha value is -2.70. The Bertz CT molecular complexity index is 820. The van der Waals surface area contributed by atoms with Crippen molar-refractivity contribution in [2.45, 2.75) is 25.7 Å². The van der Waals surface area contributed by atoms with Gasteiger partial charge in [0.1, 0.15) is 12.1 Å². The summed E-state index contributed by atoms with van der Waals surface area (Å²) >= 11 is 0. The van der Waals surface area contributed by atoms with Crippen LogP contribution in [0, 0.1) is 0 Å². The van der Waals surface area contributed by atoms with Gasteiger partial charge in [-0.25, -0.2) is 9.50 Å². The van der Waals surface area contributed by atoms with E-state index in [1.165, 1.54) is 6.33 Å². The van der Waals surface area contributed by atoms with Gasteiger partial charge in [-0.2, -0.15) is 5.10 Å². The number of pyridine rings is 1. The number of aromatic nitrogens is 4. The van der Waals surface area contributed by atoms with Crippen LogP contribution in [0.2, 0.25) is 0 Å². The standard InChI is InChI=1S/C14H13N5O2/c20-14(13-10-3-1-2-4-11(10)21-18-13)17-9-5-6-12-15-8-16-19(12)7-9/h5-8H,1-4H2,(H,17,20). The summed E-state index contributed by atoms with van der Waals surface area (Å²) < 4.78 is 6.87. The van der Waals surface area contributed by atoms with Crippen LogP contribution in [0.15, 0.2) is 29.2 Å². The third kappa shape index (κ3) is 2.06. The number of hydrogen-bond donors (Lipinski definition) is 1. The Morgan fingerprint density at radius 3 is 3.14 bits per heavy atom. The fourth-order valence-corrected chi connectivity index (χ4v) is 2.64. The van der Waals surface area contributed by atoms with Crippen LogP contribution in [0.3, 0.4) is 0 Å². The van der Waals surface area contributed by atoms with E-state index in [0.717, 1.165) is 42.7 Å². The van der Waals surface area contributed by atoms with Crippen LogP contribution in [-0.2, 0) is 12.8 Å². The number of carbonyl (C=O) groups is 1. The van der Waals surface area contributed by atoms with Gasteiger partial charge in [0.25, 0.3) is 5.91 Å². The molecule has 0 atom stereocenters. The molecular formula is C14H13N5O2. The lowest BCUT2D eigenvalue weighted by atomic mass is 9.96. The number of nitrogens with one attached hydrogen (secondary N) is 1. The predicted molar refractivity (Wildman–Crippen MR) is 74.1 cm³/mol. The second kappa shape index (κ2) is 4.69. The molecule has 0 unspecified atom stereocenters. The van der Waals surface area contributed by atoms with Crippen molar-refractivity contribution >= 4 is 17.2 Å². The Kier molecular flexibility index (Phi) is 2.70. The summed E-state index contributed by atoms with van der Waals surface area (Å²) in [6.07, 6.45) is 7.05. The van der Waals surface area contributed by atoms with Crippen LogP contribution >= 0.6 is 0 Å². The number of rotatable bonds is 2. The second-order valence-electron chi connectivity index (χ2n) is 5.07. The van der Waals surface area contributed by atoms with Crippen LogP contribution in [-0.4, -0.2) is 25.7 Å². The number of carbonyl (C=O) groups excluding carboxylic acids is 1. The Morgan fingerprint density at radius 2 is 2.19 bits per heavy atom. The molecule has 1 aliphatic rings. The largest absolute Gasteiger partial charge is 0.360 e. The quantitative estimate of drug-likeness (QED) is 0.775. The summed E-state index contributed by atoms with van der Waals surface area (Å²) in [4.78, 5) is 16.4. The van der Waals surface area contributed by atoms with Crippen molar-refractivity contribution in [1.82, 2.24) is 19.8 Å². The van der Waals surface area contributed by atoms with E-state index in [2.05, 4.69) is 20.6 Å². The van der Waals surface area contributed by atoms with Gasteiger partial charge in [-0.15, -0.1) is 0 Å². The molecule has 1 aliphatic carbocycles. The zero-order chi connectivity index (χ0) is 14.2. The van der Waals surface area contributed by atoms with Gasteiger partial charge in [-0.3, -0.25) is 4.79 Å². The second-order valence-corrected chi connectivity index (χ2v) is 5.07. The summed E-state index contributed by atoms with van der Waals surface area (Å²) in [7, 11) is 0. The van der Waals surface area contributed by atoms with Gasteiger partial charge in [0.15, 0.2) is 11.3 Å². The van der Waals surface area contributed by atoms with E-state index in [0.29, 0.717) is 11.4 Å². The molecule has 7 nitrogen and oxygen atoms in total. The van der Waals surface area contributed by atoms with E-state index in [1.807, 2.05) is 0 Å². The minimum absolute atomic E-state index is 0.249. The Balaban J connectivity index is 1.61. The molecule has 0 saturated carbocycles. The van der Waals surface area contributed by atoms with E-state index < -0.39 is 0 Å². The summed E-state index contributed by atoms with van der Waals surface area (Å²) in [5, 5.41) is 10.8. The molecule has 106 valence electrons.